The fourth-order valence-corrected chi connectivity index (χ4v) is 1.70. The Morgan fingerprint density at radius 3 is 2.47 bits per heavy atom. The maximum Gasteiger partial charge on any atom is 0.269 e. The summed E-state index contributed by atoms with van der Waals surface area (Å²) in [6, 6.07) is 6.37. The van der Waals surface area contributed by atoms with Crippen LogP contribution in [0.2, 0.25) is 0 Å². The van der Waals surface area contributed by atoms with E-state index in [1.165, 1.54) is 12.1 Å². The summed E-state index contributed by atoms with van der Waals surface area (Å²) in [5.74, 6) is 0. The summed E-state index contributed by atoms with van der Waals surface area (Å²) in [4.78, 5) is 10.1. The Labute approximate surface area is 98.8 Å². The minimum Gasteiger partial charge on any atom is -0.258 e. The largest absolute Gasteiger partial charge is 0.269 e. The van der Waals surface area contributed by atoms with Gasteiger partial charge in [0, 0.05) is 18.3 Å². The molecule has 17 heavy (non-hydrogen) atoms. The van der Waals surface area contributed by atoms with E-state index in [4.69, 9.17) is 0 Å². The third kappa shape index (κ3) is 2.18. The van der Waals surface area contributed by atoms with Crippen molar-refractivity contribution >= 4 is 5.69 Å². The molecule has 0 amide bonds. The van der Waals surface area contributed by atoms with Crippen molar-refractivity contribution in [2.24, 2.45) is 0 Å². The number of rotatable bonds is 3. The van der Waals surface area contributed by atoms with Crippen molar-refractivity contribution in [1.29, 1.82) is 0 Å². The van der Waals surface area contributed by atoms with Crippen LogP contribution in [0.15, 0.2) is 30.5 Å². The molecule has 0 saturated heterocycles. The van der Waals surface area contributed by atoms with Gasteiger partial charge in [0.05, 0.1) is 16.3 Å². The third-order valence-electron chi connectivity index (χ3n) is 2.66. The van der Waals surface area contributed by atoms with Crippen molar-refractivity contribution < 1.29 is 4.92 Å². The summed E-state index contributed by atoms with van der Waals surface area (Å²) in [6.07, 6.45) is 2.81. The molecule has 88 valence electrons. The van der Waals surface area contributed by atoms with Crippen molar-refractivity contribution in [1.82, 2.24) is 9.78 Å². The molecule has 1 heterocycles. The molecule has 0 unspecified atom stereocenters. The summed E-state index contributed by atoms with van der Waals surface area (Å²) in [6.45, 7) is 4.06. The van der Waals surface area contributed by atoms with Crippen LogP contribution in [0.1, 0.15) is 18.2 Å². The molecule has 0 aliphatic carbocycles. The number of nitrogens with zero attached hydrogens (tertiary/aromatic N) is 3. The van der Waals surface area contributed by atoms with Crippen LogP contribution in [-0.2, 0) is 6.42 Å². The summed E-state index contributed by atoms with van der Waals surface area (Å²) in [5, 5.41) is 15.0. The van der Waals surface area contributed by atoms with Crippen LogP contribution < -0.4 is 0 Å². The van der Waals surface area contributed by atoms with Gasteiger partial charge >= 0.3 is 0 Å². The Bertz CT molecular complexity index is 543. The van der Waals surface area contributed by atoms with Gasteiger partial charge in [0.25, 0.3) is 5.69 Å². The second-order valence-electron chi connectivity index (χ2n) is 3.83. The average Bonchev–Trinajstić information content (AvgIpc) is 2.70. The Morgan fingerprint density at radius 2 is 2.00 bits per heavy atom. The molecule has 0 radical (unpaired) electrons. The molecule has 1 aromatic heterocycles. The van der Waals surface area contributed by atoms with E-state index in [1.807, 2.05) is 13.1 Å². The van der Waals surface area contributed by atoms with E-state index in [2.05, 4.69) is 12.0 Å². The first-order valence-corrected chi connectivity index (χ1v) is 5.41. The molecule has 0 aliphatic heterocycles. The van der Waals surface area contributed by atoms with E-state index in [-0.39, 0.29) is 5.69 Å². The van der Waals surface area contributed by atoms with Gasteiger partial charge in [-0.1, -0.05) is 6.92 Å². The molecule has 2 rings (SSSR count). The van der Waals surface area contributed by atoms with Crippen molar-refractivity contribution in [2.75, 3.05) is 0 Å². The minimum atomic E-state index is -0.407. The first-order chi connectivity index (χ1) is 8.11. The van der Waals surface area contributed by atoms with Crippen LogP contribution in [0.25, 0.3) is 5.69 Å². The zero-order valence-electron chi connectivity index (χ0n) is 9.75. The van der Waals surface area contributed by atoms with Crippen LogP contribution in [0.3, 0.4) is 0 Å². The fraction of sp³-hybridized carbons (Fsp3) is 0.250. The van der Waals surface area contributed by atoms with Gasteiger partial charge in [-0.15, -0.1) is 0 Å². The number of non-ortho nitro benzene ring substituents is 1. The number of hydrogen-bond acceptors (Lipinski definition) is 3. The molecule has 5 nitrogen and oxygen atoms in total. The Morgan fingerprint density at radius 1 is 1.35 bits per heavy atom. The first kappa shape index (κ1) is 11.3. The van der Waals surface area contributed by atoms with Gasteiger partial charge in [-0.3, -0.25) is 10.1 Å². The number of hydrogen-bond donors (Lipinski definition) is 0. The number of nitro benzene ring substituents is 1. The first-order valence-electron chi connectivity index (χ1n) is 5.41. The molecule has 0 saturated carbocycles. The lowest BCUT2D eigenvalue weighted by molar-refractivity contribution is -0.384. The van der Waals surface area contributed by atoms with Crippen molar-refractivity contribution in [2.45, 2.75) is 20.3 Å². The third-order valence-corrected chi connectivity index (χ3v) is 2.66. The van der Waals surface area contributed by atoms with E-state index in [9.17, 15) is 10.1 Å². The lowest BCUT2D eigenvalue weighted by Crippen LogP contribution is -1.96. The van der Waals surface area contributed by atoms with E-state index in [0.717, 1.165) is 23.4 Å². The molecule has 0 aliphatic rings. The Kier molecular flexibility index (Phi) is 2.91. The molecule has 0 fully saturated rings. The highest BCUT2D eigenvalue weighted by Crippen LogP contribution is 2.16. The monoisotopic (exact) mass is 231 g/mol. The second kappa shape index (κ2) is 4.37. The van der Waals surface area contributed by atoms with E-state index >= 15 is 0 Å². The molecule has 0 N–H and O–H groups in total. The number of aryl methyl sites for hydroxylation is 2. The minimum absolute atomic E-state index is 0.0911. The second-order valence-corrected chi connectivity index (χ2v) is 3.83. The Hall–Kier alpha value is -2.17. The fourth-order valence-electron chi connectivity index (χ4n) is 1.70. The zero-order chi connectivity index (χ0) is 12.4. The molecule has 0 atom stereocenters. The standard InChI is InChI=1S/C12H13N3O2/c1-3-12-9(2)8-14(13-12)10-4-6-11(7-5-10)15(16)17/h4-8H,3H2,1-2H3. The van der Waals surface area contributed by atoms with Gasteiger partial charge < -0.3 is 0 Å². The molecular weight excluding hydrogens is 218 g/mol. The summed E-state index contributed by atoms with van der Waals surface area (Å²) >= 11 is 0. The lowest BCUT2D eigenvalue weighted by atomic mass is 10.2. The summed E-state index contributed by atoms with van der Waals surface area (Å²) in [5.41, 5.74) is 3.10. The van der Waals surface area contributed by atoms with E-state index in [0.29, 0.717) is 0 Å². The van der Waals surface area contributed by atoms with Crippen molar-refractivity contribution in [3.05, 3.63) is 51.8 Å². The molecule has 0 spiro atoms. The predicted molar refractivity (Wildman–Crippen MR) is 64.3 cm³/mol. The molecule has 2 aromatic rings. The molecule has 0 bridgehead atoms. The van der Waals surface area contributed by atoms with Gasteiger partial charge in [0.1, 0.15) is 0 Å². The van der Waals surface area contributed by atoms with Gasteiger partial charge in [0.2, 0.25) is 0 Å². The Balaban J connectivity index is 2.36. The quantitative estimate of drug-likeness (QED) is 0.602. The van der Waals surface area contributed by atoms with E-state index in [1.54, 1.807) is 16.8 Å². The summed E-state index contributed by atoms with van der Waals surface area (Å²) in [7, 11) is 0. The average molecular weight is 231 g/mol. The lowest BCUT2D eigenvalue weighted by Gasteiger charge is -2.00. The molecule has 1 aromatic carbocycles. The molecular formula is C12H13N3O2. The van der Waals surface area contributed by atoms with Crippen LogP contribution >= 0.6 is 0 Å². The topological polar surface area (TPSA) is 61.0 Å². The summed E-state index contributed by atoms with van der Waals surface area (Å²) < 4.78 is 1.75. The maximum absolute atomic E-state index is 10.5. The highest BCUT2D eigenvalue weighted by atomic mass is 16.6. The van der Waals surface area contributed by atoms with E-state index < -0.39 is 4.92 Å². The van der Waals surface area contributed by atoms with Gasteiger partial charge in [-0.2, -0.15) is 5.10 Å². The van der Waals surface area contributed by atoms with Crippen LogP contribution in [-0.4, -0.2) is 14.7 Å². The SMILES string of the molecule is CCc1nn(-c2ccc([N+](=O)[O-])cc2)cc1C. The van der Waals surface area contributed by atoms with Gasteiger partial charge in [-0.25, -0.2) is 4.68 Å². The van der Waals surface area contributed by atoms with Gasteiger partial charge in [0.15, 0.2) is 0 Å². The highest BCUT2D eigenvalue weighted by molar-refractivity contribution is 5.40. The predicted octanol–water partition coefficient (Wildman–Crippen LogP) is 2.65. The normalized spacial score (nSPS) is 10.5. The maximum atomic E-state index is 10.5. The number of aromatic nitrogens is 2. The number of nitro groups is 1. The van der Waals surface area contributed by atoms with Gasteiger partial charge in [-0.05, 0) is 31.0 Å². The highest BCUT2D eigenvalue weighted by Gasteiger charge is 2.07. The van der Waals surface area contributed by atoms with Crippen molar-refractivity contribution in [3.63, 3.8) is 0 Å². The van der Waals surface area contributed by atoms with Crippen LogP contribution in [0.4, 0.5) is 5.69 Å². The van der Waals surface area contributed by atoms with Crippen LogP contribution in [0.5, 0.6) is 0 Å². The van der Waals surface area contributed by atoms with Crippen molar-refractivity contribution in [3.8, 4) is 5.69 Å². The number of benzene rings is 1. The van der Waals surface area contributed by atoms with Crippen LogP contribution in [0, 0.1) is 17.0 Å². The zero-order valence-corrected chi connectivity index (χ0v) is 9.75. The molecule has 5 heteroatoms. The smallest absolute Gasteiger partial charge is 0.258 e.